The first kappa shape index (κ1) is 13.0. The quantitative estimate of drug-likeness (QED) is 0.718. The van der Waals surface area contributed by atoms with E-state index >= 15 is 0 Å². The van der Waals surface area contributed by atoms with Gasteiger partial charge in [-0.25, -0.2) is 9.97 Å². The molecule has 21 heavy (non-hydrogen) atoms. The van der Waals surface area contributed by atoms with E-state index in [1.54, 1.807) is 17.7 Å². The number of aryl methyl sites for hydroxylation is 2. The number of aromatic nitrogens is 2. The number of benzene rings is 1. The zero-order valence-corrected chi connectivity index (χ0v) is 12.9. The molecule has 0 fully saturated rings. The number of fused-ring (bicyclic) bond motifs is 3. The van der Waals surface area contributed by atoms with Crippen LogP contribution in [0.3, 0.4) is 0 Å². The van der Waals surface area contributed by atoms with Gasteiger partial charge in [-0.3, -0.25) is 0 Å². The van der Waals surface area contributed by atoms with E-state index in [0.29, 0.717) is 12.5 Å². The molecule has 0 amide bonds. The van der Waals surface area contributed by atoms with Crippen molar-refractivity contribution in [3.05, 3.63) is 51.6 Å². The predicted molar refractivity (Wildman–Crippen MR) is 85.2 cm³/mol. The Hall–Kier alpha value is -1.65. The van der Waals surface area contributed by atoms with Crippen molar-refractivity contribution in [2.75, 3.05) is 0 Å². The van der Waals surface area contributed by atoms with E-state index in [0.717, 1.165) is 33.6 Å². The Labute approximate surface area is 131 Å². The molecule has 2 heterocycles. The third-order valence-electron chi connectivity index (χ3n) is 3.79. The molecule has 3 nitrogen and oxygen atoms in total. The Morgan fingerprint density at radius 2 is 2.10 bits per heavy atom. The first-order valence-corrected chi connectivity index (χ1v) is 8.14. The zero-order valence-electron chi connectivity index (χ0n) is 11.3. The van der Waals surface area contributed by atoms with Gasteiger partial charge in [-0.05, 0) is 30.9 Å². The molecule has 0 aliphatic heterocycles. The van der Waals surface area contributed by atoms with Gasteiger partial charge in [-0.2, -0.15) is 0 Å². The van der Waals surface area contributed by atoms with E-state index < -0.39 is 0 Å². The SMILES string of the molecule is Clc1ccccc1COc1ncnc2sc3c(c12)CCC3. The van der Waals surface area contributed by atoms with Crippen molar-refractivity contribution < 1.29 is 4.74 Å². The van der Waals surface area contributed by atoms with E-state index in [4.69, 9.17) is 16.3 Å². The second-order valence-corrected chi connectivity index (χ2v) is 6.59. The molecule has 0 atom stereocenters. The topological polar surface area (TPSA) is 35.0 Å². The second kappa shape index (κ2) is 5.28. The lowest BCUT2D eigenvalue weighted by Crippen LogP contribution is -1.99. The Bertz CT molecular complexity index is 815. The maximum atomic E-state index is 6.17. The standard InChI is InChI=1S/C16H13ClN2OS/c17-12-6-2-1-4-10(12)8-20-15-14-11-5-3-7-13(11)21-16(14)19-9-18-15/h1-2,4,6,9H,3,5,7-8H2. The van der Waals surface area contributed by atoms with Gasteiger partial charge in [-0.15, -0.1) is 11.3 Å². The van der Waals surface area contributed by atoms with E-state index in [1.807, 2.05) is 24.3 Å². The number of rotatable bonds is 3. The Kier molecular flexibility index (Phi) is 3.28. The predicted octanol–water partition coefficient (Wildman–Crippen LogP) is 4.41. The number of hydrogen-bond donors (Lipinski definition) is 0. The fourth-order valence-electron chi connectivity index (χ4n) is 2.77. The fraction of sp³-hybridized carbons (Fsp3) is 0.250. The van der Waals surface area contributed by atoms with E-state index in [2.05, 4.69) is 9.97 Å². The highest BCUT2D eigenvalue weighted by molar-refractivity contribution is 7.18. The van der Waals surface area contributed by atoms with Crippen LogP contribution in [0.4, 0.5) is 0 Å². The van der Waals surface area contributed by atoms with Gasteiger partial charge in [0.05, 0.1) is 5.39 Å². The molecule has 0 spiro atoms. The van der Waals surface area contributed by atoms with Crippen LogP contribution in [0.15, 0.2) is 30.6 Å². The summed E-state index contributed by atoms with van der Waals surface area (Å²) in [5.74, 6) is 0.680. The van der Waals surface area contributed by atoms with Crippen molar-refractivity contribution in [1.82, 2.24) is 9.97 Å². The number of hydrogen-bond acceptors (Lipinski definition) is 4. The molecule has 0 bridgehead atoms. The maximum absolute atomic E-state index is 6.17. The van der Waals surface area contributed by atoms with Gasteiger partial charge in [0.25, 0.3) is 0 Å². The third-order valence-corrected chi connectivity index (χ3v) is 5.36. The van der Waals surface area contributed by atoms with Crippen molar-refractivity contribution in [2.24, 2.45) is 0 Å². The molecule has 1 aliphatic carbocycles. The third kappa shape index (κ3) is 2.28. The molecule has 5 heteroatoms. The highest BCUT2D eigenvalue weighted by atomic mass is 35.5. The summed E-state index contributed by atoms with van der Waals surface area (Å²) in [7, 11) is 0. The van der Waals surface area contributed by atoms with Gasteiger partial charge in [0.1, 0.15) is 17.8 Å². The fourth-order valence-corrected chi connectivity index (χ4v) is 4.18. The summed E-state index contributed by atoms with van der Waals surface area (Å²) in [5, 5.41) is 1.82. The average molecular weight is 317 g/mol. The van der Waals surface area contributed by atoms with Crippen LogP contribution in [0.5, 0.6) is 5.88 Å². The van der Waals surface area contributed by atoms with E-state index in [1.165, 1.54) is 16.9 Å². The molecular formula is C16H13ClN2OS. The highest BCUT2D eigenvalue weighted by Gasteiger charge is 2.21. The molecule has 3 aromatic rings. The zero-order chi connectivity index (χ0) is 14.2. The van der Waals surface area contributed by atoms with Crippen LogP contribution >= 0.6 is 22.9 Å². The minimum Gasteiger partial charge on any atom is -0.472 e. The normalized spacial score (nSPS) is 13.6. The van der Waals surface area contributed by atoms with E-state index in [-0.39, 0.29) is 0 Å². The molecule has 0 saturated carbocycles. The maximum Gasteiger partial charge on any atom is 0.225 e. The summed E-state index contributed by atoms with van der Waals surface area (Å²) in [6, 6.07) is 7.72. The van der Waals surface area contributed by atoms with Crippen molar-refractivity contribution >= 4 is 33.2 Å². The lowest BCUT2D eigenvalue weighted by molar-refractivity contribution is 0.297. The Morgan fingerprint density at radius 3 is 3.00 bits per heavy atom. The number of ether oxygens (including phenoxy) is 1. The van der Waals surface area contributed by atoms with Gasteiger partial charge in [0.2, 0.25) is 5.88 Å². The summed E-state index contributed by atoms with van der Waals surface area (Å²) < 4.78 is 5.94. The number of halogens is 1. The van der Waals surface area contributed by atoms with Crippen LogP contribution in [0, 0.1) is 0 Å². The van der Waals surface area contributed by atoms with E-state index in [9.17, 15) is 0 Å². The van der Waals surface area contributed by atoms with Gasteiger partial charge in [0.15, 0.2) is 0 Å². The summed E-state index contributed by atoms with van der Waals surface area (Å²) >= 11 is 7.94. The van der Waals surface area contributed by atoms with Crippen LogP contribution in [-0.4, -0.2) is 9.97 Å². The number of nitrogens with zero attached hydrogens (tertiary/aromatic N) is 2. The van der Waals surface area contributed by atoms with Crippen LogP contribution < -0.4 is 4.74 Å². The molecule has 1 aromatic carbocycles. The lowest BCUT2D eigenvalue weighted by Gasteiger charge is -2.08. The lowest BCUT2D eigenvalue weighted by atomic mass is 10.2. The molecule has 4 rings (SSSR count). The van der Waals surface area contributed by atoms with Crippen LogP contribution in [0.25, 0.3) is 10.2 Å². The van der Waals surface area contributed by atoms with Crippen LogP contribution in [0.1, 0.15) is 22.4 Å². The highest BCUT2D eigenvalue weighted by Crippen LogP contribution is 2.40. The molecule has 0 unspecified atom stereocenters. The summed E-state index contributed by atoms with van der Waals surface area (Å²) in [6.07, 6.45) is 5.05. The number of thiophene rings is 1. The van der Waals surface area contributed by atoms with Crippen molar-refractivity contribution in [2.45, 2.75) is 25.9 Å². The van der Waals surface area contributed by atoms with Crippen LogP contribution in [0.2, 0.25) is 5.02 Å². The monoisotopic (exact) mass is 316 g/mol. The minimum absolute atomic E-state index is 0.427. The second-order valence-electron chi connectivity index (χ2n) is 5.10. The van der Waals surface area contributed by atoms with Crippen molar-refractivity contribution in [3.63, 3.8) is 0 Å². The summed E-state index contributed by atoms with van der Waals surface area (Å²) in [4.78, 5) is 11.2. The summed E-state index contributed by atoms with van der Waals surface area (Å²) in [6.45, 7) is 0.427. The Balaban J connectivity index is 1.69. The summed E-state index contributed by atoms with van der Waals surface area (Å²) in [5.41, 5.74) is 2.35. The Morgan fingerprint density at radius 1 is 1.19 bits per heavy atom. The molecule has 106 valence electrons. The first-order chi connectivity index (χ1) is 10.3. The molecule has 2 aromatic heterocycles. The smallest absolute Gasteiger partial charge is 0.225 e. The van der Waals surface area contributed by atoms with Gasteiger partial charge in [0, 0.05) is 15.5 Å². The van der Waals surface area contributed by atoms with Gasteiger partial charge >= 0.3 is 0 Å². The van der Waals surface area contributed by atoms with Crippen molar-refractivity contribution in [3.8, 4) is 5.88 Å². The molecule has 0 saturated heterocycles. The van der Waals surface area contributed by atoms with Gasteiger partial charge < -0.3 is 4.74 Å². The minimum atomic E-state index is 0.427. The molecule has 1 aliphatic rings. The van der Waals surface area contributed by atoms with Gasteiger partial charge in [-0.1, -0.05) is 29.8 Å². The molecule has 0 N–H and O–H groups in total. The molecule has 0 radical (unpaired) electrons. The molecular weight excluding hydrogens is 304 g/mol. The first-order valence-electron chi connectivity index (χ1n) is 6.94. The van der Waals surface area contributed by atoms with Crippen molar-refractivity contribution in [1.29, 1.82) is 0 Å². The average Bonchev–Trinajstić information content (AvgIpc) is 3.07. The van der Waals surface area contributed by atoms with Crippen LogP contribution in [-0.2, 0) is 19.4 Å². The largest absolute Gasteiger partial charge is 0.472 e.